The van der Waals surface area contributed by atoms with Crippen molar-refractivity contribution < 1.29 is 4.79 Å². The topological polar surface area (TPSA) is 32.9 Å². The highest BCUT2D eigenvalue weighted by Crippen LogP contribution is 2.11. The van der Waals surface area contributed by atoms with Gasteiger partial charge in [-0.3, -0.25) is 4.79 Å². The molecule has 2 nitrogen and oxygen atoms in total. The van der Waals surface area contributed by atoms with E-state index in [0.29, 0.717) is 0 Å². The van der Waals surface area contributed by atoms with Crippen LogP contribution in [0.3, 0.4) is 0 Å². The molecule has 0 aliphatic carbocycles. The second-order valence-electron chi connectivity index (χ2n) is 3.06. The fourth-order valence-electron chi connectivity index (χ4n) is 0.956. The lowest BCUT2D eigenvalue weighted by atomic mass is 10.0. The lowest BCUT2D eigenvalue weighted by Crippen LogP contribution is -1.94. The Morgan fingerprint density at radius 3 is 2.75 bits per heavy atom. The molecule has 0 amide bonds. The van der Waals surface area contributed by atoms with E-state index in [1.165, 1.54) is 0 Å². The monoisotopic (exact) mass is 163 g/mol. The lowest BCUT2D eigenvalue weighted by Gasteiger charge is -2.01. The summed E-state index contributed by atoms with van der Waals surface area (Å²) in [4.78, 5) is 13.5. The van der Waals surface area contributed by atoms with E-state index in [9.17, 15) is 4.79 Å². The average molecular weight is 163 g/mol. The fourth-order valence-corrected chi connectivity index (χ4v) is 0.956. The molecule has 0 atom stereocenters. The van der Waals surface area contributed by atoms with Gasteiger partial charge in [-0.15, -0.1) is 0 Å². The standard InChI is InChI=1S/C10H13NO/c1-8(2)10(7-12)5-9-3-4-11-6-9/h3-8,11H,1-2H3/b10-5+. The molecule has 2 heteroatoms. The number of rotatable bonds is 3. The normalized spacial score (nSPS) is 12.1. The van der Waals surface area contributed by atoms with Gasteiger partial charge in [0, 0.05) is 12.4 Å². The van der Waals surface area contributed by atoms with Crippen LogP contribution in [0.25, 0.3) is 6.08 Å². The SMILES string of the molecule is CC(C)/C(C=O)=C/c1cc[nH]c1. The van der Waals surface area contributed by atoms with E-state index in [1.807, 2.05) is 38.4 Å². The number of nitrogens with one attached hydrogen (secondary N) is 1. The summed E-state index contributed by atoms with van der Waals surface area (Å²) in [7, 11) is 0. The van der Waals surface area contributed by atoms with Crippen molar-refractivity contribution in [1.29, 1.82) is 0 Å². The highest BCUT2D eigenvalue weighted by molar-refractivity contribution is 5.82. The van der Waals surface area contributed by atoms with Gasteiger partial charge in [0.2, 0.25) is 0 Å². The third-order valence-electron chi connectivity index (χ3n) is 1.76. The zero-order valence-electron chi connectivity index (χ0n) is 7.37. The van der Waals surface area contributed by atoms with Crippen LogP contribution >= 0.6 is 0 Å². The molecule has 0 saturated heterocycles. The molecule has 0 aromatic carbocycles. The van der Waals surface area contributed by atoms with Crippen LogP contribution in [0.4, 0.5) is 0 Å². The Morgan fingerprint density at radius 2 is 2.33 bits per heavy atom. The first-order chi connectivity index (χ1) is 5.74. The molecule has 1 N–H and O–H groups in total. The Morgan fingerprint density at radius 1 is 1.58 bits per heavy atom. The van der Waals surface area contributed by atoms with Gasteiger partial charge in [0.1, 0.15) is 6.29 Å². The molecule has 1 rings (SSSR count). The number of aromatic amines is 1. The minimum atomic E-state index is 0.289. The van der Waals surface area contributed by atoms with Crippen molar-refractivity contribution in [2.45, 2.75) is 13.8 Å². The fraction of sp³-hybridized carbons (Fsp3) is 0.300. The number of aldehydes is 1. The molecule has 64 valence electrons. The molecule has 0 radical (unpaired) electrons. The second kappa shape index (κ2) is 3.90. The molecule has 0 bridgehead atoms. The summed E-state index contributed by atoms with van der Waals surface area (Å²) in [6, 6.07) is 1.94. The Bertz CT molecular complexity index is 270. The number of H-pyrrole nitrogens is 1. The van der Waals surface area contributed by atoms with Crippen LogP contribution in [-0.4, -0.2) is 11.3 Å². The lowest BCUT2D eigenvalue weighted by molar-refractivity contribution is -0.105. The van der Waals surface area contributed by atoms with Crippen LogP contribution in [-0.2, 0) is 4.79 Å². The van der Waals surface area contributed by atoms with Gasteiger partial charge in [-0.25, -0.2) is 0 Å². The van der Waals surface area contributed by atoms with E-state index in [1.54, 1.807) is 0 Å². The molecular formula is C10H13NO. The van der Waals surface area contributed by atoms with E-state index in [0.717, 1.165) is 17.4 Å². The molecule has 0 spiro atoms. The predicted octanol–water partition coefficient (Wildman–Crippen LogP) is 2.25. The number of hydrogen-bond acceptors (Lipinski definition) is 1. The van der Waals surface area contributed by atoms with Gasteiger partial charge in [0.05, 0.1) is 0 Å². The van der Waals surface area contributed by atoms with Gasteiger partial charge >= 0.3 is 0 Å². The zero-order valence-corrected chi connectivity index (χ0v) is 7.37. The third kappa shape index (κ3) is 2.09. The highest BCUT2D eigenvalue weighted by Gasteiger charge is 2.00. The first-order valence-corrected chi connectivity index (χ1v) is 4.03. The summed E-state index contributed by atoms with van der Waals surface area (Å²) in [5.41, 5.74) is 1.88. The number of allylic oxidation sites excluding steroid dienone is 1. The second-order valence-corrected chi connectivity index (χ2v) is 3.06. The molecule has 12 heavy (non-hydrogen) atoms. The molecular weight excluding hydrogens is 150 g/mol. The van der Waals surface area contributed by atoms with Gasteiger partial charge < -0.3 is 4.98 Å². The molecule has 0 fully saturated rings. The maximum atomic E-state index is 10.6. The van der Waals surface area contributed by atoms with Crippen molar-refractivity contribution in [2.24, 2.45) is 5.92 Å². The summed E-state index contributed by atoms with van der Waals surface area (Å²) < 4.78 is 0. The van der Waals surface area contributed by atoms with Gasteiger partial charge in [0.15, 0.2) is 0 Å². The van der Waals surface area contributed by atoms with Crippen LogP contribution in [0, 0.1) is 5.92 Å². The first-order valence-electron chi connectivity index (χ1n) is 4.03. The molecule has 0 unspecified atom stereocenters. The van der Waals surface area contributed by atoms with Crippen LogP contribution < -0.4 is 0 Å². The largest absolute Gasteiger partial charge is 0.367 e. The summed E-state index contributed by atoms with van der Waals surface area (Å²) in [6.07, 6.45) is 6.52. The van der Waals surface area contributed by atoms with Gasteiger partial charge in [0.25, 0.3) is 0 Å². The average Bonchev–Trinajstić information content (AvgIpc) is 2.51. The summed E-state index contributed by atoms with van der Waals surface area (Å²) >= 11 is 0. The molecule has 0 aliphatic rings. The highest BCUT2D eigenvalue weighted by atomic mass is 16.1. The molecule has 0 saturated carbocycles. The number of carbonyl (C=O) groups is 1. The molecule has 1 heterocycles. The number of carbonyl (C=O) groups excluding carboxylic acids is 1. The zero-order chi connectivity index (χ0) is 8.97. The van der Waals surface area contributed by atoms with Crippen molar-refractivity contribution in [3.8, 4) is 0 Å². The van der Waals surface area contributed by atoms with Gasteiger partial charge in [-0.05, 0) is 29.2 Å². The number of aromatic nitrogens is 1. The van der Waals surface area contributed by atoms with Crippen LogP contribution in [0.1, 0.15) is 19.4 Å². The van der Waals surface area contributed by atoms with Crippen LogP contribution in [0.2, 0.25) is 0 Å². The Kier molecular flexibility index (Phi) is 2.86. The quantitative estimate of drug-likeness (QED) is 0.538. The Balaban J connectivity index is 2.85. The van der Waals surface area contributed by atoms with E-state index in [4.69, 9.17) is 0 Å². The minimum absolute atomic E-state index is 0.289. The van der Waals surface area contributed by atoms with E-state index >= 15 is 0 Å². The van der Waals surface area contributed by atoms with Crippen molar-refractivity contribution in [2.75, 3.05) is 0 Å². The maximum Gasteiger partial charge on any atom is 0.146 e. The van der Waals surface area contributed by atoms with Crippen LogP contribution in [0.15, 0.2) is 24.0 Å². The van der Waals surface area contributed by atoms with Crippen molar-refractivity contribution in [3.63, 3.8) is 0 Å². The Hall–Kier alpha value is -1.31. The van der Waals surface area contributed by atoms with Crippen molar-refractivity contribution in [3.05, 3.63) is 29.6 Å². The smallest absolute Gasteiger partial charge is 0.146 e. The number of hydrogen-bond donors (Lipinski definition) is 1. The van der Waals surface area contributed by atoms with Crippen LogP contribution in [0.5, 0.6) is 0 Å². The first kappa shape index (κ1) is 8.78. The Labute approximate surface area is 72.3 Å². The predicted molar refractivity (Wildman–Crippen MR) is 49.7 cm³/mol. The minimum Gasteiger partial charge on any atom is -0.367 e. The maximum absolute atomic E-state index is 10.6. The van der Waals surface area contributed by atoms with Gasteiger partial charge in [-0.2, -0.15) is 0 Å². The van der Waals surface area contributed by atoms with E-state index in [2.05, 4.69) is 4.98 Å². The summed E-state index contributed by atoms with van der Waals surface area (Å²) in [6.45, 7) is 4.01. The summed E-state index contributed by atoms with van der Waals surface area (Å²) in [5.74, 6) is 0.289. The molecule has 1 aromatic heterocycles. The van der Waals surface area contributed by atoms with E-state index in [-0.39, 0.29) is 5.92 Å². The van der Waals surface area contributed by atoms with E-state index < -0.39 is 0 Å². The third-order valence-corrected chi connectivity index (χ3v) is 1.76. The van der Waals surface area contributed by atoms with Crippen molar-refractivity contribution >= 4 is 12.4 Å². The van der Waals surface area contributed by atoms with Gasteiger partial charge in [-0.1, -0.05) is 13.8 Å². The summed E-state index contributed by atoms with van der Waals surface area (Å²) in [5, 5.41) is 0. The molecule has 1 aromatic rings. The molecule has 0 aliphatic heterocycles. The van der Waals surface area contributed by atoms with Crippen molar-refractivity contribution in [1.82, 2.24) is 4.98 Å².